The molecule has 0 fully saturated rings. The summed E-state index contributed by atoms with van der Waals surface area (Å²) in [5, 5.41) is 3.45. The lowest BCUT2D eigenvalue weighted by Gasteiger charge is -2.08. The van der Waals surface area contributed by atoms with Crippen molar-refractivity contribution in [2.75, 3.05) is 6.61 Å². The third kappa shape index (κ3) is 4.76. The van der Waals surface area contributed by atoms with Gasteiger partial charge in [-0.3, -0.25) is 9.78 Å². The Morgan fingerprint density at radius 2 is 2.10 bits per heavy atom. The predicted molar refractivity (Wildman–Crippen MR) is 82.5 cm³/mol. The Labute approximate surface area is 129 Å². The highest BCUT2D eigenvalue weighted by atomic mass is 35.5. The maximum absolute atomic E-state index is 11.7. The van der Waals surface area contributed by atoms with Gasteiger partial charge in [0.15, 0.2) is 6.61 Å². The molecule has 0 unspecified atom stereocenters. The molecule has 110 valence electrons. The maximum Gasteiger partial charge on any atom is 0.258 e. The first-order valence-electron chi connectivity index (χ1n) is 6.63. The van der Waals surface area contributed by atoms with Gasteiger partial charge in [-0.1, -0.05) is 17.7 Å². The average molecular weight is 305 g/mol. The number of hydrogen-bond donors (Lipinski definition) is 1. The predicted octanol–water partition coefficient (Wildman–Crippen LogP) is 3.05. The number of ether oxygens (including phenoxy) is 1. The second kappa shape index (κ2) is 7.09. The molecule has 2 rings (SSSR count). The first-order valence-corrected chi connectivity index (χ1v) is 7.00. The van der Waals surface area contributed by atoms with E-state index in [0.29, 0.717) is 17.3 Å². The summed E-state index contributed by atoms with van der Waals surface area (Å²) in [5.74, 6) is 0.437. The van der Waals surface area contributed by atoms with Gasteiger partial charge in [-0.25, -0.2) is 0 Å². The van der Waals surface area contributed by atoms with E-state index in [9.17, 15) is 4.79 Å². The van der Waals surface area contributed by atoms with Gasteiger partial charge in [0, 0.05) is 10.7 Å². The van der Waals surface area contributed by atoms with Gasteiger partial charge < -0.3 is 10.1 Å². The quantitative estimate of drug-likeness (QED) is 0.923. The zero-order chi connectivity index (χ0) is 15.2. The van der Waals surface area contributed by atoms with E-state index >= 15 is 0 Å². The van der Waals surface area contributed by atoms with Crippen LogP contribution in [0.4, 0.5) is 0 Å². The van der Waals surface area contributed by atoms with Crippen LogP contribution < -0.4 is 10.1 Å². The summed E-state index contributed by atoms with van der Waals surface area (Å²) >= 11 is 5.93. The van der Waals surface area contributed by atoms with E-state index in [1.165, 1.54) is 0 Å². The van der Waals surface area contributed by atoms with Crippen LogP contribution >= 0.6 is 11.6 Å². The molecule has 1 amide bonds. The standard InChI is InChI=1S/C16H17ClN2O2/c1-11-8-14(6-7-15(11)17)21-10-16(20)18-9-13-5-3-4-12(2)19-13/h3-8H,9-10H2,1-2H3,(H,18,20). The molecule has 5 heteroatoms. The van der Waals surface area contributed by atoms with Crippen molar-refractivity contribution in [1.29, 1.82) is 0 Å². The minimum absolute atomic E-state index is 0.0348. The molecule has 1 N–H and O–H groups in total. The van der Waals surface area contributed by atoms with Crippen LogP contribution in [0.5, 0.6) is 5.75 Å². The molecule has 0 spiro atoms. The maximum atomic E-state index is 11.7. The molecule has 4 nitrogen and oxygen atoms in total. The van der Waals surface area contributed by atoms with Crippen molar-refractivity contribution in [3.8, 4) is 5.75 Å². The molecular formula is C16H17ClN2O2. The molecule has 0 aliphatic carbocycles. The Morgan fingerprint density at radius 3 is 2.81 bits per heavy atom. The summed E-state index contributed by atoms with van der Waals surface area (Å²) in [6.07, 6.45) is 0. The van der Waals surface area contributed by atoms with Crippen molar-refractivity contribution in [1.82, 2.24) is 10.3 Å². The van der Waals surface area contributed by atoms with Gasteiger partial charge in [0.2, 0.25) is 0 Å². The lowest BCUT2D eigenvalue weighted by molar-refractivity contribution is -0.123. The van der Waals surface area contributed by atoms with Gasteiger partial charge in [-0.05, 0) is 49.7 Å². The number of hydrogen-bond acceptors (Lipinski definition) is 3. The number of nitrogens with zero attached hydrogens (tertiary/aromatic N) is 1. The Balaban J connectivity index is 1.80. The summed E-state index contributed by atoms with van der Waals surface area (Å²) in [6, 6.07) is 11.0. The molecule has 1 aromatic heterocycles. The van der Waals surface area contributed by atoms with Crippen LogP contribution in [0.2, 0.25) is 5.02 Å². The molecule has 2 aromatic rings. The number of pyridine rings is 1. The minimum Gasteiger partial charge on any atom is -0.484 e. The third-order valence-corrected chi connectivity index (χ3v) is 3.34. The number of aryl methyl sites for hydroxylation is 2. The van der Waals surface area contributed by atoms with Gasteiger partial charge in [-0.2, -0.15) is 0 Å². The fourth-order valence-electron chi connectivity index (χ4n) is 1.79. The lowest BCUT2D eigenvalue weighted by Crippen LogP contribution is -2.28. The number of amides is 1. The summed E-state index contributed by atoms with van der Waals surface area (Å²) in [7, 11) is 0. The third-order valence-electron chi connectivity index (χ3n) is 2.91. The largest absolute Gasteiger partial charge is 0.484 e. The summed E-state index contributed by atoms with van der Waals surface area (Å²) in [4.78, 5) is 16.1. The van der Waals surface area contributed by atoms with Crippen molar-refractivity contribution in [3.05, 3.63) is 58.4 Å². The normalized spacial score (nSPS) is 10.2. The van der Waals surface area contributed by atoms with Crippen LogP contribution in [-0.2, 0) is 11.3 Å². The van der Waals surface area contributed by atoms with Crippen molar-refractivity contribution >= 4 is 17.5 Å². The highest BCUT2D eigenvalue weighted by Crippen LogP contribution is 2.20. The molecule has 0 aliphatic rings. The van der Waals surface area contributed by atoms with E-state index in [-0.39, 0.29) is 12.5 Å². The Hall–Kier alpha value is -2.07. The van der Waals surface area contributed by atoms with E-state index in [4.69, 9.17) is 16.3 Å². The summed E-state index contributed by atoms with van der Waals surface area (Å²) in [5.41, 5.74) is 2.67. The van der Waals surface area contributed by atoms with Crippen LogP contribution in [0, 0.1) is 13.8 Å². The molecule has 0 radical (unpaired) electrons. The van der Waals surface area contributed by atoms with Gasteiger partial charge >= 0.3 is 0 Å². The second-order valence-electron chi connectivity index (χ2n) is 4.75. The molecule has 0 saturated heterocycles. The monoisotopic (exact) mass is 304 g/mol. The zero-order valence-corrected chi connectivity index (χ0v) is 12.8. The molecule has 0 bridgehead atoms. The van der Waals surface area contributed by atoms with E-state index in [1.54, 1.807) is 18.2 Å². The van der Waals surface area contributed by atoms with Crippen LogP contribution in [0.15, 0.2) is 36.4 Å². The Morgan fingerprint density at radius 1 is 1.29 bits per heavy atom. The van der Waals surface area contributed by atoms with Gasteiger partial charge in [0.25, 0.3) is 5.91 Å². The van der Waals surface area contributed by atoms with E-state index in [2.05, 4.69) is 10.3 Å². The van der Waals surface area contributed by atoms with Crippen LogP contribution in [0.3, 0.4) is 0 Å². The highest BCUT2D eigenvalue weighted by Gasteiger charge is 2.04. The second-order valence-corrected chi connectivity index (χ2v) is 5.15. The molecule has 21 heavy (non-hydrogen) atoms. The molecule has 1 heterocycles. The molecule has 0 aliphatic heterocycles. The van der Waals surface area contributed by atoms with Gasteiger partial charge in [0.1, 0.15) is 5.75 Å². The van der Waals surface area contributed by atoms with Gasteiger partial charge in [-0.15, -0.1) is 0 Å². The topological polar surface area (TPSA) is 51.2 Å². The summed E-state index contributed by atoms with van der Waals surface area (Å²) < 4.78 is 5.42. The Bertz CT molecular complexity index is 644. The smallest absolute Gasteiger partial charge is 0.258 e. The van der Waals surface area contributed by atoms with Crippen molar-refractivity contribution in [2.24, 2.45) is 0 Å². The molecular weight excluding hydrogens is 288 g/mol. The summed E-state index contributed by atoms with van der Waals surface area (Å²) in [6.45, 7) is 4.16. The Kier molecular flexibility index (Phi) is 5.17. The van der Waals surface area contributed by atoms with Crippen LogP contribution in [-0.4, -0.2) is 17.5 Å². The molecule has 1 aromatic carbocycles. The number of aromatic nitrogens is 1. The van der Waals surface area contributed by atoms with Crippen LogP contribution in [0.1, 0.15) is 17.0 Å². The van der Waals surface area contributed by atoms with Crippen LogP contribution in [0.25, 0.3) is 0 Å². The SMILES string of the molecule is Cc1cccc(CNC(=O)COc2ccc(Cl)c(C)c2)n1. The molecule has 0 atom stereocenters. The number of carbonyl (C=O) groups excluding carboxylic acids is 1. The fraction of sp³-hybridized carbons (Fsp3) is 0.250. The number of benzene rings is 1. The lowest BCUT2D eigenvalue weighted by atomic mass is 10.2. The van der Waals surface area contributed by atoms with Crippen molar-refractivity contribution in [3.63, 3.8) is 0 Å². The fourth-order valence-corrected chi connectivity index (χ4v) is 1.91. The zero-order valence-electron chi connectivity index (χ0n) is 12.0. The number of halogens is 1. The number of carbonyl (C=O) groups is 1. The first kappa shape index (κ1) is 15.3. The van der Waals surface area contributed by atoms with Gasteiger partial charge in [0.05, 0.1) is 12.2 Å². The van der Waals surface area contributed by atoms with E-state index in [0.717, 1.165) is 17.0 Å². The molecule has 0 saturated carbocycles. The number of nitrogens with one attached hydrogen (secondary N) is 1. The number of rotatable bonds is 5. The van der Waals surface area contributed by atoms with E-state index in [1.807, 2.05) is 32.0 Å². The van der Waals surface area contributed by atoms with E-state index < -0.39 is 0 Å². The van der Waals surface area contributed by atoms with Crippen molar-refractivity contribution < 1.29 is 9.53 Å². The highest BCUT2D eigenvalue weighted by molar-refractivity contribution is 6.31. The first-order chi connectivity index (χ1) is 10.0. The average Bonchev–Trinajstić information content (AvgIpc) is 2.46. The van der Waals surface area contributed by atoms with Crippen molar-refractivity contribution in [2.45, 2.75) is 20.4 Å². The minimum atomic E-state index is -0.189.